The van der Waals surface area contributed by atoms with Crippen LogP contribution in [0.3, 0.4) is 0 Å². The largest absolute Gasteiger partial charge is 0.455 e. The average molecular weight is 739 g/mol. The summed E-state index contributed by atoms with van der Waals surface area (Å²) in [6.45, 7) is 0.685. The molecule has 0 spiro atoms. The number of aromatic nitrogens is 2. The van der Waals surface area contributed by atoms with Gasteiger partial charge >= 0.3 is 0 Å². The summed E-state index contributed by atoms with van der Waals surface area (Å²) in [6.07, 6.45) is 4.42. The minimum absolute atomic E-state index is 0.0224. The lowest BCUT2D eigenvalue weighted by molar-refractivity contribution is 0.220. The Morgan fingerprint density at radius 1 is 0.456 bits per heavy atom. The van der Waals surface area contributed by atoms with Crippen LogP contribution in [0.5, 0.6) is 0 Å². The van der Waals surface area contributed by atoms with E-state index >= 15 is 0 Å². The summed E-state index contributed by atoms with van der Waals surface area (Å²) >= 11 is 0. The van der Waals surface area contributed by atoms with Crippen LogP contribution in [0.15, 0.2) is 186 Å². The van der Waals surface area contributed by atoms with Crippen molar-refractivity contribution in [2.24, 2.45) is 0 Å². The zero-order chi connectivity index (χ0) is 37.5. The van der Waals surface area contributed by atoms with E-state index in [2.05, 4.69) is 200 Å². The van der Waals surface area contributed by atoms with Crippen molar-refractivity contribution in [2.45, 2.75) is 18.5 Å². The SMILES string of the molecule is C1=C(C2NC(c3ccccc3)NC(c3ccccc3)N2)CNC(n2c3ccccc3c3c2ccc2c4c5oc6ccccc6c5ccc4n(-c4ccccc4)c23)=C1. The lowest BCUT2D eigenvalue weighted by atomic mass is 10.0. The number of hydrogen-bond donors (Lipinski definition) is 4. The second-order valence-corrected chi connectivity index (χ2v) is 15.1. The molecule has 7 aromatic carbocycles. The van der Waals surface area contributed by atoms with Gasteiger partial charge in [0, 0.05) is 39.2 Å². The van der Waals surface area contributed by atoms with E-state index in [0.717, 1.165) is 55.4 Å². The predicted octanol–water partition coefficient (Wildman–Crippen LogP) is 10.6. The highest BCUT2D eigenvalue weighted by molar-refractivity contribution is 6.31. The molecular weight excluding hydrogens is 701 g/mol. The molecule has 274 valence electrons. The van der Waals surface area contributed by atoms with Crippen LogP contribution in [-0.4, -0.2) is 21.8 Å². The standard InChI is InChI=1S/C50H38N6O/c1-4-14-31(15-5-1)48-52-49(32-16-6-2-7-17-32)54-50(53-48)33-24-29-43(51-30-33)56-39-22-12-10-21-37(39)44-40(56)28-26-38-45-41(55(46(38)44)34-18-8-3-9-19-34)27-25-36-35-20-11-13-23-42(35)57-47(36)45/h1-29,48-54H,30H2. The molecule has 1 fully saturated rings. The number of nitrogens with zero attached hydrogens (tertiary/aromatic N) is 2. The van der Waals surface area contributed by atoms with Crippen molar-refractivity contribution in [3.05, 3.63) is 193 Å². The highest BCUT2D eigenvalue weighted by Crippen LogP contribution is 2.45. The molecule has 1 saturated heterocycles. The normalized spacial score (nSPS) is 18.8. The van der Waals surface area contributed by atoms with Gasteiger partial charge < -0.3 is 14.3 Å². The first kappa shape index (κ1) is 32.4. The van der Waals surface area contributed by atoms with Crippen LogP contribution in [0.4, 0.5) is 0 Å². The summed E-state index contributed by atoms with van der Waals surface area (Å²) in [5.74, 6) is 1.04. The Hall–Kier alpha value is -6.90. The maximum absolute atomic E-state index is 6.69. The highest BCUT2D eigenvalue weighted by Gasteiger charge is 2.31. The minimum Gasteiger partial charge on any atom is -0.455 e. The maximum atomic E-state index is 6.69. The van der Waals surface area contributed by atoms with Gasteiger partial charge in [0.25, 0.3) is 0 Å². The number of para-hydroxylation sites is 3. The molecule has 57 heavy (non-hydrogen) atoms. The first-order valence-electron chi connectivity index (χ1n) is 19.7. The highest BCUT2D eigenvalue weighted by atomic mass is 16.3. The zero-order valence-electron chi connectivity index (χ0n) is 31.0. The Morgan fingerprint density at radius 3 is 1.75 bits per heavy atom. The molecule has 2 aliphatic rings. The van der Waals surface area contributed by atoms with Crippen LogP contribution >= 0.6 is 0 Å². The van der Waals surface area contributed by atoms with E-state index in [0.29, 0.717) is 6.54 Å². The van der Waals surface area contributed by atoms with Gasteiger partial charge in [-0.05, 0) is 71.3 Å². The molecule has 7 nitrogen and oxygen atoms in total. The quantitative estimate of drug-likeness (QED) is 0.142. The molecule has 0 bridgehead atoms. The molecule has 10 aromatic rings. The van der Waals surface area contributed by atoms with Crippen LogP contribution in [-0.2, 0) is 0 Å². The topological polar surface area (TPSA) is 71.1 Å². The third-order valence-corrected chi connectivity index (χ3v) is 11.9. The molecule has 0 amide bonds. The fourth-order valence-corrected chi connectivity index (χ4v) is 9.31. The van der Waals surface area contributed by atoms with Gasteiger partial charge in [-0.2, -0.15) is 0 Å². The minimum atomic E-state index is -0.0543. The van der Waals surface area contributed by atoms with Crippen molar-refractivity contribution >= 4 is 71.4 Å². The van der Waals surface area contributed by atoms with Crippen molar-refractivity contribution < 1.29 is 4.42 Å². The lowest BCUT2D eigenvalue weighted by Gasteiger charge is -2.41. The van der Waals surface area contributed by atoms with Gasteiger partial charge in [-0.15, -0.1) is 0 Å². The van der Waals surface area contributed by atoms with Gasteiger partial charge in [0.2, 0.25) is 0 Å². The Labute approximate surface area is 328 Å². The van der Waals surface area contributed by atoms with Crippen molar-refractivity contribution in [3.63, 3.8) is 0 Å². The second-order valence-electron chi connectivity index (χ2n) is 15.1. The molecule has 2 aliphatic heterocycles. The number of dihydropyridines is 1. The summed E-state index contributed by atoms with van der Waals surface area (Å²) in [4.78, 5) is 0. The van der Waals surface area contributed by atoms with Crippen LogP contribution in [0.1, 0.15) is 23.5 Å². The molecule has 2 atom stereocenters. The number of benzene rings is 7. The Kier molecular flexibility index (Phi) is 7.28. The first-order valence-corrected chi connectivity index (χ1v) is 19.7. The third-order valence-electron chi connectivity index (χ3n) is 11.9. The predicted molar refractivity (Wildman–Crippen MR) is 233 cm³/mol. The van der Waals surface area contributed by atoms with Crippen LogP contribution < -0.4 is 21.3 Å². The second kappa shape index (κ2) is 12.8. The van der Waals surface area contributed by atoms with Gasteiger partial charge in [-0.3, -0.25) is 20.5 Å². The molecule has 7 heteroatoms. The van der Waals surface area contributed by atoms with Crippen molar-refractivity contribution in [2.75, 3.05) is 6.54 Å². The summed E-state index contributed by atoms with van der Waals surface area (Å²) in [6, 6.07) is 58.2. The maximum Gasteiger partial charge on any atom is 0.145 e. The first-order chi connectivity index (χ1) is 28.3. The molecular formula is C50H38N6O. The number of allylic oxidation sites excluding steroid dienone is 2. The summed E-state index contributed by atoms with van der Waals surface area (Å²) in [7, 11) is 0. The fourth-order valence-electron chi connectivity index (χ4n) is 9.31. The Balaban J connectivity index is 1.04. The number of rotatable bonds is 5. The molecule has 4 N–H and O–H groups in total. The Morgan fingerprint density at radius 2 is 1.05 bits per heavy atom. The van der Waals surface area contributed by atoms with E-state index < -0.39 is 0 Å². The molecule has 0 saturated carbocycles. The monoisotopic (exact) mass is 738 g/mol. The number of furan rings is 1. The molecule has 5 heterocycles. The molecule has 2 unspecified atom stereocenters. The average Bonchev–Trinajstić information content (AvgIpc) is 3.95. The van der Waals surface area contributed by atoms with Crippen LogP contribution in [0, 0.1) is 0 Å². The molecule has 0 radical (unpaired) electrons. The molecule has 0 aliphatic carbocycles. The van der Waals surface area contributed by atoms with Crippen LogP contribution in [0.25, 0.3) is 77.1 Å². The number of fused-ring (bicyclic) bond motifs is 11. The van der Waals surface area contributed by atoms with E-state index in [4.69, 9.17) is 4.42 Å². The third kappa shape index (κ3) is 5.03. The van der Waals surface area contributed by atoms with E-state index in [1.165, 1.54) is 38.4 Å². The fraction of sp³-hybridized carbons (Fsp3) is 0.0800. The molecule has 12 rings (SSSR count). The van der Waals surface area contributed by atoms with Gasteiger partial charge in [0.15, 0.2) is 0 Å². The van der Waals surface area contributed by atoms with Crippen molar-refractivity contribution in [1.82, 2.24) is 30.4 Å². The lowest BCUT2D eigenvalue weighted by Crippen LogP contribution is -2.60. The molecule has 3 aromatic heterocycles. The summed E-state index contributed by atoms with van der Waals surface area (Å²) < 4.78 is 11.5. The zero-order valence-corrected chi connectivity index (χ0v) is 31.0. The van der Waals surface area contributed by atoms with Crippen LogP contribution in [0.2, 0.25) is 0 Å². The smallest absolute Gasteiger partial charge is 0.145 e. The number of nitrogens with one attached hydrogen (secondary N) is 4. The van der Waals surface area contributed by atoms with E-state index in [9.17, 15) is 0 Å². The van der Waals surface area contributed by atoms with Gasteiger partial charge in [-0.1, -0.05) is 121 Å². The summed E-state index contributed by atoms with van der Waals surface area (Å²) in [5.41, 5.74) is 11.2. The van der Waals surface area contributed by atoms with Gasteiger partial charge in [-0.25, -0.2) is 0 Å². The van der Waals surface area contributed by atoms with Gasteiger partial charge in [0.1, 0.15) is 17.0 Å². The van der Waals surface area contributed by atoms with E-state index in [1.807, 2.05) is 6.07 Å². The van der Waals surface area contributed by atoms with E-state index in [-0.39, 0.29) is 18.5 Å². The van der Waals surface area contributed by atoms with Crippen molar-refractivity contribution in [3.8, 4) is 5.69 Å². The van der Waals surface area contributed by atoms with Crippen molar-refractivity contribution in [1.29, 1.82) is 0 Å². The van der Waals surface area contributed by atoms with E-state index in [1.54, 1.807) is 0 Å². The van der Waals surface area contributed by atoms with Gasteiger partial charge in [0.05, 0.1) is 46.0 Å². The summed E-state index contributed by atoms with van der Waals surface area (Å²) in [5, 5.41) is 22.3. The Bertz CT molecular complexity index is 3180. The number of hydrogen-bond acceptors (Lipinski definition) is 5.